The van der Waals surface area contributed by atoms with Crippen LogP contribution in [0.2, 0.25) is 0 Å². The van der Waals surface area contributed by atoms with Gasteiger partial charge in [0.15, 0.2) is 6.10 Å². The molecular formula is C77H138O6. The van der Waals surface area contributed by atoms with E-state index in [0.29, 0.717) is 19.3 Å². The van der Waals surface area contributed by atoms with Gasteiger partial charge in [-0.25, -0.2) is 0 Å². The molecule has 0 bridgehead atoms. The van der Waals surface area contributed by atoms with Gasteiger partial charge in [-0.1, -0.05) is 363 Å². The molecule has 0 spiro atoms. The van der Waals surface area contributed by atoms with Gasteiger partial charge in [-0.3, -0.25) is 14.4 Å². The zero-order chi connectivity index (χ0) is 59.9. The Balaban J connectivity index is 4.36. The van der Waals surface area contributed by atoms with Crippen LogP contribution in [0.15, 0.2) is 72.9 Å². The number of carbonyl (C=O) groups excluding carboxylic acids is 3. The highest BCUT2D eigenvalue weighted by atomic mass is 16.6. The van der Waals surface area contributed by atoms with Gasteiger partial charge in [-0.2, -0.15) is 0 Å². The molecule has 0 heterocycles. The van der Waals surface area contributed by atoms with Crippen molar-refractivity contribution in [3.05, 3.63) is 72.9 Å². The molecule has 0 saturated carbocycles. The van der Waals surface area contributed by atoms with Crippen molar-refractivity contribution in [2.75, 3.05) is 13.2 Å². The summed E-state index contributed by atoms with van der Waals surface area (Å²) in [4.78, 5) is 38.5. The molecule has 6 nitrogen and oxygen atoms in total. The van der Waals surface area contributed by atoms with Crippen LogP contribution in [0.1, 0.15) is 380 Å². The summed E-state index contributed by atoms with van der Waals surface area (Å²) in [5.41, 5.74) is 0. The van der Waals surface area contributed by atoms with E-state index < -0.39 is 6.10 Å². The predicted molar refractivity (Wildman–Crippen MR) is 362 cm³/mol. The molecule has 0 rings (SSSR count). The SMILES string of the molecule is CC/C=C\C/C=C\C/C=C\C/C=C\C/C=C\C/C=C\CCCCCCCCC(=O)OCC(COC(=O)CCCCCCCCCCCCCCCCCCCC)OC(=O)CCCCCCCCCCCCCCCCCCCCCCCC. The molecule has 1 atom stereocenters. The molecule has 1 unspecified atom stereocenters. The van der Waals surface area contributed by atoms with Crippen LogP contribution in [0.4, 0.5) is 0 Å². The van der Waals surface area contributed by atoms with E-state index in [-0.39, 0.29) is 31.1 Å². The fourth-order valence-electron chi connectivity index (χ4n) is 10.8. The molecule has 0 fully saturated rings. The number of allylic oxidation sites excluding steroid dienone is 12. The maximum absolute atomic E-state index is 13.0. The van der Waals surface area contributed by atoms with Gasteiger partial charge < -0.3 is 14.2 Å². The summed E-state index contributed by atoms with van der Waals surface area (Å²) in [7, 11) is 0. The Morgan fingerprint density at radius 3 is 0.735 bits per heavy atom. The molecule has 482 valence electrons. The predicted octanol–water partition coefficient (Wildman–Crippen LogP) is 25.2. The van der Waals surface area contributed by atoms with Crippen LogP contribution in [0.5, 0.6) is 0 Å². The molecule has 0 N–H and O–H groups in total. The topological polar surface area (TPSA) is 78.9 Å². The summed E-state index contributed by atoms with van der Waals surface area (Å²) in [5.74, 6) is -0.862. The van der Waals surface area contributed by atoms with Crippen LogP contribution in [-0.2, 0) is 28.6 Å². The van der Waals surface area contributed by atoms with E-state index in [1.165, 1.54) is 238 Å². The van der Waals surface area contributed by atoms with Gasteiger partial charge in [-0.15, -0.1) is 0 Å². The Kier molecular flexibility index (Phi) is 68.6. The minimum atomic E-state index is -0.781. The maximum Gasteiger partial charge on any atom is 0.306 e. The lowest BCUT2D eigenvalue weighted by Crippen LogP contribution is -2.30. The van der Waals surface area contributed by atoms with Gasteiger partial charge in [0.25, 0.3) is 0 Å². The summed E-state index contributed by atoms with van der Waals surface area (Å²) in [6, 6.07) is 0. The monoisotopic (exact) mass is 1160 g/mol. The van der Waals surface area contributed by atoms with E-state index in [0.717, 1.165) is 103 Å². The highest BCUT2D eigenvalue weighted by Crippen LogP contribution is 2.19. The quantitative estimate of drug-likeness (QED) is 0.0261. The summed E-state index contributed by atoms with van der Waals surface area (Å²) in [6.07, 6.45) is 93.5. The van der Waals surface area contributed by atoms with E-state index in [4.69, 9.17) is 14.2 Å². The summed E-state index contributed by atoms with van der Waals surface area (Å²) < 4.78 is 17.0. The van der Waals surface area contributed by atoms with Crippen molar-refractivity contribution in [3.63, 3.8) is 0 Å². The molecule has 0 aromatic carbocycles. The van der Waals surface area contributed by atoms with Crippen LogP contribution in [0.25, 0.3) is 0 Å². The number of carbonyl (C=O) groups is 3. The van der Waals surface area contributed by atoms with Crippen LogP contribution in [-0.4, -0.2) is 37.2 Å². The first-order valence-electron chi connectivity index (χ1n) is 36.4. The van der Waals surface area contributed by atoms with Crippen molar-refractivity contribution in [3.8, 4) is 0 Å². The zero-order valence-corrected chi connectivity index (χ0v) is 55.5. The first kappa shape index (κ1) is 79.8. The highest BCUT2D eigenvalue weighted by Gasteiger charge is 2.19. The molecule has 83 heavy (non-hydrogen) atoms. The second-order valence-corrected chi connectivity index (χ2v) is 24.5. The van der Waals surface area contributed by atoms with Gasteiger partial charge >= 0.3 is 17.9 Å². The summed E-state index contributed by atoms with van der Waals surface area (Å²) in [5, 5.41) is 0. The van der Waals surface area contributed by atoms with E-state index in [1.807, 2.05) is 0 Å². The molecule has 0 aliphatic heterocycles. The molecule has 0 aromatic rings. The first-order valence-corrected chi connectivity index (χ1v) is 36.4. The summed E-state index contributed by atoms with van der Waals surface area (Å²) >= 11 is 0. The molecule has 6 heteroatoms. The van der Waals surface area contributed by atoms with Gasteiger partial charge in [0.1, 0.15) is 13.2 Å². The Morgan fingerprint density at radius 1 is 0.253 bits per heavy atom. The smallest absolute Gasteiger partial charge is 0.306 e. The molecule has 0 radical (unpaired) electrons. The molecule has 0 aliphatic carbocycles. The lowest BCUT2D eigenvalue weighted by Gasteiger charge is -2.18. The molecular weight excluding hydrogens is 1020 g/mol. The van der Waals surface area contributed by atoms with E-state index >= 15 is 0 Å². The second-order valence-electron chi connectivity index (χ2n) is 24.5. The summed E-state index contributed by atoms with van der Waals surface area (Å²) in [6.45, 7) is 6.59. The lowest BCUT2D eigenvalue weighted by atomic mass is 10.0. The first-order chi connectivity index (χ1) is 41.0. The Labute approximate surface area is 516 Å². The maximum atomic E-state index is 13.0. The van der Waals surface area contributed by atoms with E-state index in [1.54, 1.807) is 0 Å². The van der Waals surface area contributed by atoms with E-state index in [9.17, 15) is 14.4 Å². The highest BCUT2D eigenvalue weighted by molar-refractivity contribution is 5.71. The van der Waals surface area contributed by atoms with Crippen LogP contribution in [0, 0.1) is 0 Å². The number of esters is 3. The van der Waals surface area contributed by atoms with E-state index in [2.05, 4.69) is 93.7 Å². The number of rotatable bonds is 67. The minimum Gasteiger partial charge on any atom is -0.462 e. The van der Waals surface area contributed by atoms with Crippen molar-refractivity contribution < 1.29 is 28.6 Å². The molecule has 0 aromatic heterocycles. The lowest BCUT2D eigenvalue weighted by molar-refractivity contribution is -0.167. The fourth-order valence-corrected chi connectivity index (χ4v) is 10.8. The van der Waals surface area contributed by atoms with Crippen LogP contribution >= 0.6 is 0 Å². The van der Waals surface area contributed by atoms with Crippen LogP contribution < -0.4 is 0 Å². The average molecular weight is 1160 g/mol. The molecule has 0 amide bonds. The van der Waals surface area contributed by atoms with Crippen molar-refractivity contribution >= 4 is 17.9 Å². The van der Waals surface area contributed by atoms with Crippen molar-refractivity contribution in [2.24, 2.45) is 0 Å². The Bertz CT molecular complexity index is 1520. The van der Waals surface area contributed by atoms with Gasteiger partial charge in [0.2, 0.25) is 0 Å². The minimum absolute atomic E-state index is 0.0746. The van der Waals surface area contributed by atoms with Gasteiger partial charge in [0, 0.05) is 19.3 Å². The largest absolute Gasteiger partial charge is 0.462 e. The molecule has 0 saturated heterocycles. The Hall–Kier alpha value is -3.15. The fraction of sp³-hybridized carbons (Fsp3) is 0.805. The van der Waals surface area contributed by atoms with Gasteiger partial charge in [-0.05, 0) is 70.6 Å². The third kappa shape index (κ3) is 69.5. The third-order valence-electron chi connectivity index (χ3n) is 16.2. The Morgan fingerprint density at radius 2 is 0.470 bits per heavy atom. The normalized spacial score (nSPS) is 12.5. The average Bonchev–Trinajstić information content (AvgIpc) is 3.50. The second kappa shape index (κ2) is 71.3. The zero-order valence-electron chi connectivity index (χ0n) is 55.5. The number of hydrogen-bond acceptors (Lipinski definition) is 6. The van der Waals surface area contributed by atoms with Gasteiger partial charge in [0.05, 0.1) is 0 Å². The van der Waals surface area contributed by atoms with Crippen molar-refractivity contribution in [1.29, 1.82) is 0 Å². The number of ether oxygens (including phenoxy) is 3. The number of hydrogen-bond donors (Lipinski definition) is 0. The number of unbranched alkanes of at least 4 members (excludes halogenated alkanes) is 44. The molecule has 0 aliphatic rings. The van der Waals surface area contributed by atoms with Crippen molar-refractivity contribution in [1.82, 2.24) is 0 Å². The van der Waals surface area contributed by atoms with Crippen LogP contribution in [0.3, 0.4) is 0 Å². The van der Waals surface area contributed by atoms with Crippen molar-refractivity contribution in [2.45, 2.75) is 386 Å². The standard InChI is InChI=1S/C77H138O6/c1-4-7-10-13-16-19-22-25-28-31-34-36-38-39-40-42-43-46-49-52-55-58-61-64-67-70-76(79)82-73-74(72-81-75(78)69-66-63-60-57-54-51-48-45-33-30-27-24-21-18-15-12-9-6-3)83-77(80)71-68-65-62-59-56-53-50-47-44-41-37-35-32-29-26-23-20-17-14-11-8-5-2/h7,10,16,19,25,28,34,36,39-40,43,46,74H,4-6,8-9,11-15,17-18,20-24,26-27,29-33,35,37-38,41-42,44-45,47-73H2,1-3H3/b10-7-,19-16-,28-25-,36-34-,40-39-,46-43-. The third-order valence-corrected chi connectivity index (χ3v) is 16.2.